The number of aryl methyl sites for hydroxylation is 1. The maximum atomic E-state index is 9.35. The lowest BCUT2D eigenvalue weighted by atomic mass is 10.0. The number of methoxy groups -OCH3 is 1. The van der Waals surface area contributed by atoms with Gasteiger partial charge in [0, 0.05) is 23.5 Å². The highest BCUT2D eigenvalue weighted by molar-refractivity contribution is 7.19. The minimum Gasteiger partial charge on any atom is -0.497 e. The molecule has 6 heteroatoms. The second-order valence-electron chi connectivity index (χ2n) is 5.44. The number of aliphatic hydroxyl groups excluding tert-OH is 1. The van der Waals surface area contributed by atoms with Gasteiger partial charge in [-0.2, -0.15) is 0 Å². The Morgan fingerprint density at radius 3 is 2.58 bits per heavy atom. The molecule has 0 aliphatic carbocycles. The molecule has 5 nitrogen and oxygen atoms in total. The molecule has 0 radical (unpaired) electrons. The summed E-state index contributed by atoms with van der Waals surface area (Å²) in [5.74, 6) is 1.72. The predicted octanol–water partition coefficient (Wildman–Crippen LogP) is 3.49. The monoisotopic (exact) mass is 343 g/mol. The zero-order chi connectivity index (χ0) is 17.1. The van der Waals surface area contributed by atoms with Crippen molar-refractivity contribution in [3.8, 4) is 16.9 Å². The lowest BCUT2D eigenvalue weighted by Gasteiger charge is -2.22. The van der Waals surface area contributed by atoms with E-state index in [1.165, 1.54) is 4.88 Å². The van der Waals surface area contributed by atoms with Crippen LogP contribution < -0.4 is 9.64 Å². The number of rotatable bonds is 6. The van der Waals surface area contributed by atoms with Crippen molar-refractivity contribution in [1.82, 2.24) is 9.97 Å². The third kappa shape index (κ3) is 2.95. The zero-order valence-corrected chi connectivity index (χ0v) is 14.9. The average molecular weight is 343 g/mol. The van der Waals surface area contributed by atoms with Gasteiger partial charge in [-0.05, 0) is 31.5 Å². The molecule has 0 saturated heterocycles. The number of benzene rings is 1. The molecule has 0 aliphatic rings. The van der Waals surface area contributed by atoms with Crippen molar-refractivity contribution in [1.29, 1.82) is 0 Å². The summed E-state index contributed by atoms with van der Waals surface area (Å²) in [5, 5.41) is 10.4. The number of anilines is 1. The van der Waals surface area contributed by atoms with Gasteiger partial charge in [0.15, 0.2) is 0 Å². The Hall–Kier alpha value is -2.18. The highest BCUT2D eigenvalue weighted by atomic mass is 32.1. The van der Waals surface area contributed by atoms with Gasteiger partial charge in [-0.1, -0.05) is 12.1 Å². The normalized spacial score (nSPS) is 11.0. The van der Waals surface area contributed by atoms with Gasteiger partial charge in [-0.25, -0.2) is 9.97 Å². The maximum absolute atomic E-state index is 9.35. The van der Waals surface area contributed by atoms with Crippen LogP contribution in [-0.2, 0) is 0 Å². The number of fused-ring (bicyclic) bond motifs is 1. The summed E-state index contributed by atoms with van der Waals surface area (Å²) < 4.78 is 5.26. The van der Waals surface area contributed by atoms with Crippen molar-refractivity contribution in [3.05, 3.63) is 35.5 Å². The molecule has 0 saturated carbocycles. The number of ether oxygens (including phenoxy) is 1. The fourth-order valence-electron chi connectivity index (χ4n) is 2.91. The van der Waals surface area contributed by atoms with E-state index in [0.717, 1.165) is 39.5 Å². The molecule has 0 amide bonds. The molecule has 24 heavy (non-hydrogen) atoms. The zero-order valence-electron chi connectivity index (χ0n) is 14.1. The lowest BCUT2D eigenvalue weighted by molar-refractivity contribution is 0.302. The predicted molar refractivity (Wildman–Crippen MR) is 99.1 cm³/mol. The minimum absolute atomic E-state index is 0.0975. The summed E-state index contributed by atoms with van der Waals surface area (Å²) in [6.45, 7) is 5.61. The highest BCUT2D eigenvalue weighted by Gasteiger charge is 2.19. The minimum atomic E-state index is 0.0975. The number of hydrogen-bond donors (Lipinski definition) is 1. The first-order chi connectivity index (χ1) is 11.7. The molecule has 0 atom stereocenters. The van der Waals surface area contributed by atoms with Crippen LogP contribution in [0.1, 0.15) is 11.8 Å². The summed E-state index contributed by atoms with van der Waals surface area (Å²) in [7, 11) is 1.67. The van der Waals surface area contributed by atoms with E-state index in [1.54, 1.807) is 24.8 Å². The smallest absolute Gasteiger partial charge is 0.141 e. The van der Waals surface area contributed by atoms with Gasteiger partial charge in [0.25, 0.3) is 0 Å². The third-order valence-corrected chi connectivity index (χ3v) is 5.09. The molecule has 2 aromatic heterocycles. The highest BCUT2D eigenvalue weighted by Crippen LogP contribution is 2.41. The Morgan fingerprint density at radius 1 is 1.21 bits per heavy atom. The van der Waals surface area contributed by atoms with Gasteiger partial charge in [-0.15, -0.1) is 11.3 Å². The number of nitrogens with zero attached hydrogens (tertiary/aromatic N) is 3. The summed E-state index contributed by atoms with van der Waals surface area (Å²) in [6.07, 6.45) is 1.60. The van der Waals surface area contributed by atoms with Crippen LogP contribution in [0.3, 0.4) is 0 Å². The first kappa shape index (κ1) is 16.7. The molecule has 0 unspecified atom stereocenters. The largest absolute Gasteiger partial charge is 0.497 e. The Morgan fingerprint density at radius 2 is 1.96 bits per heavy atom. The molecule has 0 bridgehead atoms. The second-order valence-corrected chi connectivity index (χ2v) is 6.65. The molecule has 2 heterocycles. The van der Waals surface area contributed by atoms with Gasteiger partial charge in [0.2, 0.25) is 0 Å². The number of aromatic nitrogens is 2. The molecular formula is C18H21N3O2S. The summed E-state index contributed by atoms with van der Waals surface area (Å²) in [6, 6.07) is 8.05. The van der Waals surface area contributed by atoms with E-state index in [9.17, 15) is 5.11 Å². The Balaban J connectivity index is 2.21. The van der Waals surface area contributed by atoms with E-state index >= 15 is 0 Å². The molecular weight excluding hydrogens is 322 g/mol. The van der Waals surface area contributed by atoms with Crippen molar-refractivity contribution in [3.63, 3.8) is 0 Å². The first-order valence-electron chi connectivity index (χ1n) is 7.93. The van der Waals surface area contributed by atoms with E-state index in [-0.39, 0.29) is 6.61 Å². The Bertz CT molecular complexity index is 830. The van der Waals surface area contributed by atoms with Crippen molar-refractivity contribution in [2.24, 2.45) is 0 Å². The van der Waals surface area contributed by atoms with E-state index in [2.05, 4.69) is 40.8 Å². The molecule has 0 spiro atoms. The van der Waals surface area contributed by atoms with Gasteiger partial charge in [-0.3, -0.25) is 0 Å². The quantitative estimate of drug-likeness (QED) is 0.742. The van der Waals surface area contributed by atoms with Gasteiger partial charge >= 0.3 is 0 Å². The van der Waals surface area contributed by atoms with Crippen molar-refractivity contribution in [2.45, 2.75) is 13.8 Å². The van der Waals surface area contributed by atoms with Crippen LogP contribution >= 0.6 is 11.3 Å². The fourth-order valence-corrected chi connectivity index (χ4v) is 3.92. The average Bonchev–Trinajstić information content (AvgIpc) is 2.95. The van der Waals surface area contributed by atoms with Crippen molar-refractivity contribution >= 4 is 27.4 Å². The number of hydrogen-bond acceptors (Lipinski definition) is 6. The van der Waals surface area contributed by atoms with Gasteiger partial charge in [0.1, 0.15) is 22.7 Å². The maximum Gasteiger partial charge on any atom is 0.141 e. The topological polar surface area (TPSA) is 58.5 Å². The van der Waals surface area contributed by atoms with E-state index in [0.29, 0.717) is 6.54 Å². The standard InChI is InChI=1S/C18H21N3O2S/c1-4-21(9-10-22)17-16-15(12(2)24-18(16)20-11-19-17)13-5-7-14(23-3)8-6-13/h5-8,11,22H,4,9-10H2,1-3H3. The van der Waals surface area contributed by atoms with E-state index < -0.39 is 0 Å². The molecule has 0 fully saturated rings. The van der Waals surface area contributed by atoms with E-state index in [1.807, 2.05) is 12.1 Å². The molecule has 3 aromatic rings. The van der Waals surface area contributed by atoms with Crippen molar-refractivity contribution < 1.29 is 9.84 Å². The molecule has 1 aromatic carbocycles. The lowest BCUT2D eigenvalue weighted by Crippen LogP contribution is -2.27. The van der Waals surface area contributed by atoms with Crippen LogP contribution in [0, 0.1) is 6.92 Å². The van der Waals surface area contributed by atoms with Crippen LogP contribution in [0.2, 0.25) is 0 Å². The molecule has 1 N–H and O–H groups in total. The Labute approximate surface area is 145 Å². The van der Waals surface area contributed by atoms with Crippen LogP contribution in [0.15, 0.2) is 30.6 Å². The van der Waals surface area contributed by atoms with Crippen LogP contribution in [0.5, 0.6) is 5.75 Å². The molecule has 126 valence electrons. The van der Waals surface area contributed by atoms with E-state index in [4.69, 9.17) is 4.74 Å². The first-order valence-corrected chi connectivity index (χ1v) is 8.75. The molecule has 3 rings (SSSR count). The van der Waals surface area contributed by atoms with Crippen LogP contribution in [0.4, 0.5) is 5.82 Å². The third-order valence-electron chi connectivity index (χ3n) is 4.07. The SMILES string of the molecule is CCN(CCO)c1ncnc2sc(C)c(-c3ccc(OC)cc3)c12. The van der Waals surface area contributed by atoms with Gasteiger partial charge < -0.3 is 14.7 Å². The number of thiophene rings is 1. The summed E-state index contributed by atoms with van der Waals surface area (Å²) in [4.78, 5) is 13.2. The number of likely N-dealkylation sites (N-methyl/N-ethyl adjacent to an activating group) is 1. The Kier molecular flexibility index (Phi) is 4.97. The van der Waals surface area contributed by atoms with Crippen LogP contribution in [0.25, 0.3) is 21.3 Å². The van der Waals surface area contributed by atoms with Crippen molar-refractivity contribution in [2.75, 3.05) is 31.7 Å². The van der Waals surface area contributed by atoms with Gasteiger partial charge in [0.05, 0.1) is 19.1 Å². The summed E-state index contributed by atoms with van der Waals surface area (Å²) in [5.41, 5.74) is 2.28. The second kappa shape index (κ2) is 7.15. The fraction of sp³-hybridized carbons (Fsp3) is 0.333. The number of aliphatic hydroxyl groups is 1. The van der Waals surface area contributed by atoms with Crippen LogP contribution in [-0.4, -0.2) is 41.9 Å². The molecule has 0 aliphatic heterocycles. The summed E-state index contributed by atoms with van der Waals surface area (Å²) >= 11 is 1.67.